The Morgan fingerprint density at radius 1 is 1.00 bits per heavy atom. The fraction of sp³-hybridized carbons (Fsp3) is 0.154. The molecule has 0 atom stereocenters. The summed E-state index contributed by atoms with van der Waals surface area (Å²) in [5.74, 6) is 0. The second kappa shape index (κ2) is 3.62. The van der Waals surface area contributed by atoms with Crippen molar-refractivity contribution in [3.63, 3.8) is 0 Å². The Bertz CT molecular complexity index is 432. The van der Waals surface area contributed by atoms with Crippen molar-refractivity contribution in [1.29, 1.82) is 0 Å². The van der Waals surface area contributed by atoms with Crippen LogP contribution < -0.4 is 0 Å². The van der Waals surface area contributed by atoms with Gasteiger partial charge in [0.15, 0.2) is 0 Å². The molecule has 1 heterocycles. The Morgan fingerprint density at radius 2 is 1.86 bits per heavy atom. The summed E-state index contributed by atoms with van der Waals surface area (Å²) in [5, 5.41) is 0. The van der Waals surface area contributed by atoms with Crippen LogP contribution in [-0.4, -0.2) is 4.98 Å². The van der Waals surface area contributed by atoms with Gasteiger partial charge in [-0.1, -0.05) is 24.3 Å². The predicted molar refractivity (Wildman–Crippen MR) is 59.1 cm³/mol. The first kappa shape index (κ1) is 8.95. The molecule has 1 heteroatoms. The Labute approximate surface area is 84.4 Å². The van der Waals surface area contributed by atoms with Crippen molar-refractivity contribution in [3.8, 4) is 11.1 Å². The topological polar surface area (TPSA) is 12.9 Å². The van der Waals surface area contributed by atoms with Crippen molar-refractivity contribution in [2.24, 2.45) is 0 Å². The van der Waals surface area contributed by atoms with Crippen LogP contribution in [-0.2, 0) is 0 Å². The quantitative estimate of drug-likeness (QED) is 0.660. The van der Waals surface area contributed by atoms with Crippen molar-refractivity contribution in [1.82, 2.24) is 4.98 Å². The van der Waals surface area contributed by atoms with Crippen LogP contribution >= 0.6 is 0 Å². The highest BCUT2D eigenvalue weighted by atomic mass is 14.6. The summed E-state index contributed by atoms with van der Waals surface area (Å²) >= 11 is 0. The molecular formula is C13H13N. The molecule has 0 radical (unpaired) electrons. The third kappa shape index (κ3) is 1.53. The number of hydrogen-bond donors (Lipinski definition) is 0. The lowest BCUT2D eigenvalue weighted by molar-refractivity contribution is 1.30. The van der Waals surface area contributed by atoms with Gasteiger partial charge in [-0.05, 0) is 36.6 Å². The molecule has 0 unspecified atom stereocenters. The first-order valence-electron chi connectivity index (χ1n) is 4.75. The summed E-state index contributed by atoms with van der Waals surface area (Å²) in [6.45, 7) is 4.28. The van der Waals surface area contributed by atoms with Crippen molar-refractivity contribution >= 4 is 0 Å². The Kier molecular flexibility index (Phi) is 2.32. The van der Waals surface area contributed by atoms with Crippen LogP contribution in [0, 0.1) is 13.8 Å². The normalized spacial score (nSPS) is 10.1. The van der Waals surface area contributed by atoms with Gasteiger partial charge in [0.05, 0.1) is 0 Å². The molecule has 0 fully saturated rings. The highest BCUT2D eigenvalue weighted by molar-refractivity contribution is 5.67. The molecule has 2 aromatic rings. The molecule has 70 valence electrons. The standard InChI is InChI=1S/C13H13N/c1-10-5-3-7-13(11(10)2)12-6-4-8-14-9-12/h3-9H,1-2H3. The maximum Gasteiger partial charge on any atom is 0.0346 e. The number of benzene rings is 1. The molecule has 0 saturated carbocycles. The predicted octanol–water partition coefficient (Wildman–Crippen LogP) is 3.37. The average Bonchev–Trinajstić information content (AvgIpc) is 2.23. The summed E-state index contributed by atoms with van der Waals surface area (Å²) in [6, 6.07) is 10.4. The highest BCUT2D eigenvalue weighted by Gasteiger charge is 2.02. The van der Waals surface area contributed by atoms with Crippen LogP contribution in [0.5, 0.6) is 0 Å². The molecule has 0 aliphatic heterocycles. The molecule has 1 aromatic carbocycles. The van der Waals surface area contributed by atoms with Gasteiger partial charge in [-0.15, -0.1) is 0 Å². The summed E-state index contributed by atoms with van der Waals surface area (Å²) in [5.41, 5.74) is 5.12. The molecule has 0 aliphatic carbocycles. The molecule has 0 bridgehead atoms. The monoisotopic (exact) mass is 183 g/mol. The number of aryl methyl sites for hydroxylation is 1. The number of aromatic nitrogens is 1. The molecule has 0 spiro atoms. The molecule has 0 amide bonds. The molecule has 14 heavy (non-hydrogen) atoms. The van der Waals surface area contributed by atoms with Gasteiger partial charge in [0, 0.05) is 18.0 Å². The van der Waals surface area contributed by atoms with Crippen molar-refractivity contribution < 1.29 is 0 Å². The third-order valence-corrected chi connectivity index (χ3v) is 2.58. The maximum atomic E-state index is 4.13. The van der Waals surface area contributed by atoms with Crippen molar-refractivity contribution in [3.05, 3.63) is 53.9 Å². The van der Waals surface area contributed by atoms with E-state index >= 15 is 0 Å². The largest absolute Gasteiger partial charge is 0.264 e. The lowest BCUT2D eigenvalue weighted by Crippen LogP contribution is -1.86. The van der Waals surface area contributed by atoms with Crippen LogP contribution in [0.3, 0.4) is 0 Å². The Balaban J connectivity index is 2.58. The van der Waals surface area contributed by atoms with Gasteiger partial charge in [-0.25, -0.2) is 0 Å². The van der Waals surface area contributed by atoms with E-state index in [1.54, 1.807) is 6.20 Å². The van der Waals surface area contributed by atoms with E-state index in [9.17, 15) is 0 Å². The van der Waals surface area contributed by atoms with E-state index in [1.165, 1.54) is 22.3 Å². The summed E-state index contributed by atoms with van der Waals surface area (Å²) in [4.78, 5) is 4.13. The van der Waals surface area contributed by atoms with Crippen LogP contribution in [0.1, 0.15) is 11.1 Å². The molecule has 1 nitrogen and oxygen atoms in total. The Morgan fingerprint density at radius 3 is 2.57 bits per heavy atom. The van der Waals surface area contributed by atoms with Crippen LogP contribution in [0.15, 0.2) is 42.7 Å². The molecule has 0 N–H and O–H groups in total. The first-order chi connectivity index (χ1) is 6.79. The van der Waals surface area contributed by atoms with E-state index in [1.807, 2.05) is 12.3 Å². The zero-order valence-corrected chi connectivity index (χ0v) is 8.49. The van der Waals surface area contributed by atoms with Gasteiger partial charge in [0.2, 0.25) is 0 Å². The first-order valence-corrected chi connectivity index (χ1v) is 4.75. The highest BCUT2D eigenvalue weighted by Crippen LogP contribution is 2.24. The average molecular weight is 183 g/mol. The summed E-state index contributed by atoms with van der Waals surface area (Å²) < 4.78 is 0. The van der Waals surface area contributed by atoms with Crippen LogP contribution in [0.4, 0.5) is 0 Å². The maximum absolute atomic E-state index is 4.13. The van der Waals surface area contributed by atoms with Gasteiger partial charge in [0.1, 0.15) is 0 Å². The van der Waals surface area contributed by atoms with Crippen molar-refractivity contribution in [2.75, 3.05) is 0 Å². The summed E-state index contributed by atoms with van der Waals surface area (Å²) in [7, 11) is 0. The SMILES string of the molecule is Cc1cccc(-c2cccnc2)c1C. The number of nitrogens with zero attached hydrogens (tertiary/aromatic N) is 1. The Hall–Kier alpha value is -1.63. The smallest absolute Gasteiger partial charge is 0.0346 e. The second-order valence-electron chi connectivity index (χ2n) is 3.49. The zero-order valence-electron chi connectivity index (χ0n) is 8.49. The van der Waals surface area contributed by atoms with E-state index < -0.39 is 0 Å². The lowest BCUT2D eigenvalue weighted by atomic mass is 9.98. The van der Waals surface area contributed by atoms with E-state index in [4.69, 9.17) is 0 Å². The number of pyridine rings is 1. The van der Waals surface area contributed by atoms with Crippen LogP contribution in [0.25, 0.3) is 11.1 Å². The second-order valence-corrected chi connectivity index (χ2v) is 3.49. The van der Waals surface area contributed by atoms with Crippen LogP contribution in [0.2, 0.25) is 0 Å². The van der Waals surface area contributed by atoms with E-state index in [2.05, 4.69) is 43.1 Å². The van der Waals surface area contributed by atoms with Gasteiger partial charge in [-0.3, -0.25) is 4.98 Å². The molecule has 1 aromatic heterocycles. The van der Waals surface area contributed by atoms with E-state index in [0.29, 0.717) is 0 Å². The summed E-state index contributed by atoms with van der Waals surface area (Å²) in [6.07, 6.45) is 3.70. The van der Waals surface area contributed by atoms with Crippen molar-refractivity contribution in [2.45, 2.75) is 13.8 Å². The molecule has 0 aliphatic rings. The van der Waals surface area contributed by atoms with Gasteiger partial charge in [-0.2, -0.15) is 0 Å². The fourth-order valence-corrected chi connectivity index (χ4v) is 1.59. The molecule has 0 saturated heterocycles. The minimum Gasteiger partial charge on any atom is -0.264 e. The van der Waals surface area contributed by atoms with Gasteiger partial charge in [0.25, 0.3) is 0 Å². The number of hydrogen-bond acceptors (Lipinski definition) is 1. The number of rotatable bonds is 1. The minimum absolute atomic E-state index is 1.19. The zero-order chi connectivity index (χ0) is 9.97. The third-order valence-electron chi connectivity index (χ3n) is 2.58. The van der Waals surface area contributed by atoms with E-state index in [-0.39, 0.29) is 0 Å². The van der Waals surface area contributed by atoms with Gasteiger partial charge < -0.3 is 0 Å². The molecule has 2 rings (SSSR count). The van der Waals surface area contributed by atoms with E-state index in [0.717, 1.165) is 0 Å². The fourth-order valence-electron chi connectivity index (χ4n) is 1.59. The lowest BCUT2D eigenvalue weighted by Gasteiger charge is -2.07. The minimum atomic E-state index is 1.19. The van der Waals surface area contributed by atoms with Gasteiger partial charge >= 0.3 is 0 Å². The molecular weight excluding hydrogens is 170 g/mol.